The van der Waals surface area contributed by atoms with Crippen LogP contribution in [0.15, 0.2) is 41.8 Å². The van der Waals surface area contributed by atoms with E-state index < -0.39 is 5.97 Å². The Morgan fingerprint density at radius 1 is 1.25 bits per heavy atom. The van der Waals surface area contributed by atoms with Gasteiger partial charge in [0.2, 0.25) is 0 Å². The van der Waals surface area contributed by atoms with Crippen molar-refractivity contribution in [1.82, 2.24) is 5.32 Å². The molecule has 4 nitrogen and oxygen atoms in total. The van der Waals surface area contributed by atoms with E-state index in [1.165, 1.54) is 28.5 Å². The summed E-state index contributed by atoms with van der Waals surface area (Å²) in [5.41, 5.74) is 3.41. The molecular weight excluding hydrogens is 322 g/mol. The fraction of sp³-hybridized carbons (Fsp3) is 0.263. The van der Waals surface area contributed by atoms with Gasteiger partial charge in [0.25, 0.3) is 5.91 Å². The molecule has 1 N–H and O–H groups in total. The third-order valence-electron chi connectivity index (χ3n) is 3.68. The minimum Gasteiger partial charge on any atom is -0.452 e. The molecule has 1 heterocycles. The smallest absolute Gasteiger partial charge is 0.331 e. The number of ether oxygens (including phenoxy) is 1. The molecule has 1 atom stereocenters. The number of hydrogen-bond donors (Lipinski definition) is 1. The summed E-state index contributed by atoms with van der Waals surface area (Å²) < 4.78 is 4.95. The van der Waals surface area contributed by atoms with Gasteiger partial charge in [-0.15, -0.1) is 11.3 Å². The lowest BCUT2D eigenvalue weighted by Gasteiger charge is -2.15. The first kappa shape index (κ1) is 17.9. The third kappa shape index (κ3) is 5.35. The summed E-state index contributed by atoms with van der Waals surface area (Å²) in [5, 5.41) is 4.75. The SMILES string of the molecule is Cc1ccc([C@@H](C)NC(=O)COC(=O)/C=C/c2cccs2)cc1C. The molecule has 2 rings (SSSR count). The van der Waals surface area contributed by atoms with Crippen LogP contribution in [0.2, 0.25) is 0 Å². The van der Waals surface area contributed by atoms with Crippen molar-refractivity contribution in [3.05, 3.63) is 63.4 Å². The lowest BCUT2D eigenvalue weighted by molar-refractivity contribution is -0.144. The zero-order valence-corrected chi connectivity index (χ0v) is 14.9. The van der Waals surface area contributed by atoms with Gasteiger partial charge < -0.3 is 10.1 Å². The van der Waals surface area contributed by atoms with Gasteiger partial charge in [0.1, 0.15) is 0 Å². The molecule has 2 aromatic rings. The number of hydrogen-bond acceptors (Lipinski definition) is 4. The van der Waals surface area contributed by atoms with Gasteiger partial charge in [-0.25, -0.2) is 4.79 Å². The van der Waals surface area contributed by atoms with E-state index in [0.717, 1.165) is 10.4 Å². The molecule has 126 valence electrons. The number of benzene rings is 1. The van der Waals surface area contributed by atoms with E-state index in [2.05, 4.69) is 11.4 Å². The van der Waals surface area contributed by atoms with Gasteiger partial charge in [-0.05, 0) is 55.0 Å². The van der Waals surface area contributed by atoms with E-state index in [0.29, 0.717) is 0 Å². The molecule has 0 aliphatic heterocycles. The van der Waals surface area contributed by atoms with Crippen LogP contribution in [-0.4, -0.2) is 18.5 Å². The second kappa shape index (κ2) is 8.45. The van der Waals surface area contributed by atoms with E-state index in [-0.39, 0.29) is 18.6 Å². The Morgan fingerprint density at radius 2 is 2.04 bits per heavy atom. The van der Waals surface area contributed by atoms with Gasteiger partial charge in [0, 0.05) is 11.0 Å². The van der Waals surface area contributed by atoms with Crippen molar-refractivity contribution in [2.75, 3.05) is 6.61 Å². The lowest BCUT2D eigenvalue weighted by atomic mass is 10.0. The van der Waals surface area contributed by atoms with Crippen LogP contribution in [-0.2, 0) is 14.3 Å². The molecule has 0 saturated carbocycles. The number of carbonyl (C=O) groups is 2. The van der Waals surface area contributed by atoms with E-state index in [1.807, 2.05) is 50.4 Å². The first-order valence-corrected chi connectivity index (χ1v) is 8.58. The summed E-state index contributed by atoms with van der Waals surface area (Å²) in [6.45, 7) is 5.70. The Balaban J connectivity index is 1.80. The molecule has 0 aliphatic rings. The van der Waals surface area contributed by atoms with E-state index >= 15 is 0 Å². The van der Waals surface area contributed by atoms with Gasteiger partial charge in [-0.2, -0.15) is 0 Å². The van der Waals surface area contributed by atoms with Crippen LogP contribution < -0.4 is 5.32 Å². The van der Waals surface area contributed by atoms with Crippen molar-refractivity contribution < 1.29 is 14.3 Å². The highest BCUT2D eigenvalue weighted by Gasteiger charge is 2.11. The zero-order valence-electron chi connectivity index (χ0n) is 14.0. The van der Waals surface area contributed by atoms with Crippen LogP contribution in [0.1, 0.15) is 34.5 Å². The quantitative estimate of drug-likeness (QED) is 0.641. The van der Waals surface area contributed by atoms with Crippen molar-refractivity contribution in [2.24, 2.45) is 0 Å². The number of rotatable bonds is 6. The maximum absolute atomic E-state index is 11.9. The van der Waals surface area contributed by atoms with E-state index in [4.69, 9.17) is 4.74 Å². The number of amides is 1. The Labute approximate surface area is 146 Å². The predicted molar refractivity (Wildman–Crippen MR) is 96.8 cm³/mol. The van der Waals surface area contributed by atoms with Gasteiger partial charge in [-0.1, -0.05) is 24.3 Å². The molecule has 0 spiro atoms. The lowest BCUT2D eigenvalue weighted by Crippen LogP contribution is -2.31. The average molecular weight is 343 g/mol. The fourth-order valence-corrected chi connectivity index (χ4v) is 2.74. The van der Waals surface area contributed by atoms with Crippen LogP contribution in [0, 0.1) is 13.8 Å². The van der Waals surface area contributed by atoms with Crippen LogP contribution in [0.5, 0.6) is 0 Å². The summed E-state index contributed by atoms with van der Waals surface area (Å²) >= 11 is 1.52. The Bertz CT molecular complexity index is 735. The third-order valence-corrected chi connectivity index (χ3v) is 4.52. The molecule has 0 fully saturated rings. The molecule has 0 saturated heterocycles. The summed E-state index contributed by atoms with van der Waals surface area (Å²) in [6.07, 6.45) is 2.99. The Morgan fingerprint density at radius 3 is 2.71 bits per heavy atom. The number of thiophene rings is 1. The largest absolute Gasteiger partial charge is 0.452 e. The maximum atomic E-state index is 11.9. The van der Waals surface area contributed by atoms with Crippen molar-refractivity contribution in [1.29, 1.82) is 0 Å². The van der Waals surface area contributed by atoms with Crippen molar-refractivity contribution >= 4 is 29.3 Å². The highest BCUT2D eigenvalue weighted by Crippen LogP contribution is 2.16. The molecule has 0 bridgehead atoms. The molecule has 0 unspecified atom stereocenters. The van der Waals surface area contributed by atoms with Crippen molar-refractivity contribution in [3.63, 3.8) is 0 Å². The van der Waals surface area contributed by atoms with Gasteiger partial charge >= 0.3 is 5.97 Å². The zero-order chi connectivity index (χ0) is 17.5. The van der Waals surface area contributed by atoms with Crippen LogP contribution >= 0.6 is 11.3 Å². The summed E-state index contributed by atoms with van der Waals surface area (Å²) in [5.74, 6) is -0.851. The first-order valence-electron chi connectivity index (χ1n) is 7.70. The standard InChI is InChI=1S/C19H21NO3S/c1-13-6-7-16(11-14(13)2)15(3)20-18(21)12-23-19(22)9-8-17-5-4-10-24-17/h4-11,15H,12H2,1-3H3,(H,20,21)/b9-8+/t15-/m1/s1. The summed E-state index contributed by atoms with van der Waals surface area (Å²) in [4.78, 5) is 24.5. The summed E-state index contributed by atoms with van der Waals surface area (Å²) in [7, 11) is 0. The highest BCUT2D eigenvalue weighted by atomic mass is 32.1. The molecule has 1 amide bonds. The number of esters is 1. The van der Waals surface area contributed by atoms with Gasteiger partial charge in [0.15, 0.2) is 6.61 Å². The van der Waals surface area contributed by atoms with Gasteiger partial charge in [0.05, 0.1) is 6.04 Å². The highest BCUT2D eigenvalue weighted by molar-refractivity contribution is 7.10. The maximum Gasteiger partial charge on any atom is 0.331 e. The van der Waals surface area contributed by atoms with Crippen LogP contribution in [0.4, 0.5) is 0 Å². The Hall–Kier alpha value is -2.40. The van der Waals surface area contributed by atoms with E-state index in [9.17, 15) is 9.59 Å². The molecule has 5 heteroatoms. The molecule has 0 radical (unpaired) electrons. The van der Waals surface area contributed by atoms with Gasteiger partial charge in [-0.3, -0.25) is 4.79 Å². The number of aryl methyl sites for hydroxylation is 2. The second-order valence-electron chi connectivity index (χ2n) is 5.59. The first-order chi connectivity index (χ1) is 11.5. The second-order valence-corrected chi connectivity index (χ2v) is 6.57. The summed E-state index contributed by atoms with van der Waals surface area (Å²) in [6, 6.07) is 9.73. The van der Waals surface area contributed by atoms with Crippen molar-refractivity contribution in [2.45, 2.75) is 26.8 Å². The average Bonchev–Trinajstić information content (AvgIpc) is 3.07. The molecule has 24 heavy (non-hydrogen) atoms. The predicted octanol–water partition coefficient (Wildman–Crippen LogP) is 3.80. The fourth-order valence-electron chi connectivity index (χ4n) is 2.12. The normalized spacial score (nSPS) is 12.1. The molecule has 0 aliphatic carbocycles. The molecule has 1 aromatic carbocycles. The monoisotopic (exact) mass is 343 g/mol. The van der Waals surface area contributed by atoms with E-state index in [1.54, 1.807) is 6.08 Å². The Kier molecular flexibility index (Phi) is 6.32. The molecule has 1 aromatic heterocycles. The number of nitrogens with one attached hydrogen (secondary N) is 1. The number of carbonyl (C=O) groups excluding carboxylic acids is 2. The van der Waals surface area contributed by atoms with Crippen LogP contribution in [0.3, 0.4) is 0 Å². The van der Waals surface area contributed by atoms with Crippen LogP contribution in [0.25, 0.3) is 6.08 Å². The minimum absolute atomic E-state index is 0.142. The molecular formula is C19H21NO3S. The van der Waals surface area contributed by atoms with Crippen molar-refractivity contribution in [3.8, 4) is 0 Å². The minimum atomic E-state index is -0.530. The topological polar surface area (TPSA) is 55.4 Å².